The van der Waals surface area contributed by atoms with Gasteiger partial charge in [0.05, 0.1) is 11.4 Å². The molecule has 0 radical (unpaired) electrons. The SMILES string of the molecule is Cc1c(NC(=O)c2sc3cccc(F)c3c2COc2ccccc2)c(=O)n(-c2ccccc2)n1C. The molecule has 6 nitrogen and oxygen atoms in total. The molecule has 0 bridgehead atoms. The molecule has 5 rings (SSSR count). The number of fused-ring (bicyclic) bond motifs is 1. The Morgan fingerprint density at radius 1 is 1.00 bits per heavy atom. The van der Waals surface area contributed by atoms with Gasteiger partial charge in [0.1, 0.15) is 28.7 Å². The molecule has 8 heteroatoms. The van der Waals surface area contributed by atoms with Crippen LogP contribution in [0, 0.1) is 12.7 Å². The lowest BCUT2D eigenvalue weighted by atomic mass is 10.1. The first-order valence-electron chi connectivity index (χ1n) is 11.0. The second-order valence-corrected chi connectivity index (χ2v) is 9.07. The number of hydrogen-bond acceptors (Lipinski definition) is 4. The standard InChI is InChI=1S/C27H22FN3O3S/c1-17-24(27(33)31(30(17)2)18-10-5-3-6-11-18)29-26(32)25-20(16-34-19-12-7-4-8-13-19)23-21(28)14-9-15-22(23)35-25/h3-15H,16H2,1-2H3,(H,29,32). The van der Waals surface area contributed by atoms with Crippen molar-refractivity contribution in [1.29, 1.82) is 0 Å². The van der Waals surface area contributed by atoms with E-state index in [1.54, 1.807) is 42.9 Å². The lowest BCUT2D eigenvalue weighted by Gasteiger charge is -2.09. The van der Waals surface area contributed by atoms with E-state index in [2.05, 4.69) is 5.32 Å². The number of rotatable bonds is 6. The largest absolute Gasteiger partial charge is 0.489 e. The van der Waals surface area contributed by atoms with E-state index in [1.807, 2.05) is 48.5 Å². The molecule has 35 heavy (non-hydrogen) atoms. The van der Waals surface area contributed by atoms with Crippen molar-refractivity contribution >= 4 is 33.0 Å². The first-order chi connectivity index (χ1) is 17.0. The van der Waals surface area contributed by atoms with Gasteiger partial charge in [0.15, 0.2) is 0 Å². The number of carbonyl (C=O) groups is 1. The zero-order valence-electron chi connectivity index (χ0n) is 19.1. The van der Waals surface area contributed by atoms with Gasteiger partial charge in [-0.2, -0.15) is 0 Å². The summed E-state index contributed by atoms with van der Waals surface area (Å²) in [5, 5.41) is 3.14. The quantitative estimate of drug-likeness (QED) is 0.336. The Morgan fingerprint density at radius 3 is 2.40 bits per heavy atom. The maximum absolute atomic E-state index is 14.8. The Morgan fingerprint density at radius 2 is 1.69 bits per heavy atom. The molecule has 0 fully saturated rings. The van der Waals surface area contributed by atoms with Crippen LogP contribution in [0.4, 0.5) is 10.1 Å². The Kier molecular flexibility index (Phi) is 5.96. The minimum Gasteiger partial charge on any atom is -0.489 e. The smallest absolute Gasteiger partial charge is 0.295 e. The Bertz CT molecular complexity index is 1590. The summed E-state index contributed by atoms with van der Waals surface area (Å²) in [5.74, 6) is -0.297. The predicted octanol–water partition coefficient (Wildman–Crippen LogP) is 5.67. The molecule has 0 aliphatic heterocycles. The molecule has 0 saturated carbocycles. The molecule has 0 atom stereocenters. The third kappa shape index (κ3) is 4.13. The monoisotopic (exact) mass is 487 g/mol. The first-order valence-corrected chi connectivity index (χ1v) is 11.8. The van der Waals surface area contributed by atoms with Crippen LogP contribution in [0.1, 0.15) is 20.9 Å². The number of halogens is 1. The highest BCUT2D eigenvalue weighted by Gasteiger charge is 2.24. The van der Waals surface area contributed by atoms with Gasteiger partial charge in [-0.25, -0.2) is 9.07 Å². The van der Waals surface area contributed by atoms with Gasteiger partial charge in [-0.3, -0.25) is 14.3 Å². The van der Waals surface area contributed by atoms with Gasteiger partial charge < -0.3 is 10.1 Å². The highest BCUT2D eigenvalue weighted by atomic mass is 32.1. The van der Waals surface area contributed by atoms with Crippen molar-refractivity contribution in [2.75, 3.05) is 5.32 Å². The van der Waals surface area contributed by atoms with Gasteiger partial charge in [-0.15, -0.1) is 11.3 Å². The number of para-hydroxylation sites is 2. The van der Waals surface area contributed by atoms with Crippen LogP contribution < -0.4 is 15.6 Å². The van der Waals surface area contributed by atoms with Crippen molar-refractivity contribution in [3.05, 3.63) is 111 Å². The molecule has 0 spiro atoms. The van der Waals surface area contributed by atoms with Crippen LogP contribution in [-0.4, -0.2) is 15.3 Å². The van der Waals surface area contributed by atoms with Crippen LogP contribution in [0.3, 0.4) is 0 Å². The molecule has 0 aliphatic rings. The number of ether oxygens (including phenoxy) is 1. The molecule has 2 aromatic heterocycles. The van der Waals surface area contributed by atoms with E-state index in [0.29, 0.717) is 37.7 Å². The van der Waals surface area contributed by atoms with Crippen LogP contribution in [0.5, 0.6) is 5.75 Å². The van der Waals surface area contributed by atoms with Crippen molar-refractivity contribution in [2.24, 2.45) is 7.05 Å². The molecule has 0 unspecified atom stereocenters. The van der Waals surface area contributed by atoms with Crippen molar-refractivity contribution in [2.45, 2.75) is 13.5 Å². The second-order valence-electron chi connectivity index (χ2n) is 8.02. The van der Waals surface area contributed by atoms with Crippen LogP contribution in [0.25, 0.3) is 15.8 Å². The van der Waals surface area contributed by atoms with Gasteiger partial charge in [0, 0.05) is 22.7 Å². The number of benzene rings is 3. The maximum atomic E-state index is 14.8. The van der Waals surface area contributed by atoms with Crippen LogP contribution in [-0.2, 0) is 13.7 Å². The molecule has 3 aromatic carbocycles. The second kappa shape index (κ2) is 9.23. The molecule has 2 heterocycles. The summed E-state index contributed by atoms with van der Waals surface area (Å²) in [6, 6.07) is 23.1. The number of carbonyl (C=O) groups excluding carboxylic acids is 1. The Labute approximate surface area is 204 Å². The van der Waals surface area contributed by atoms with Crippen molar-refractivity contribution < 1.29 is 13.9 Å². The highest BCUT2D eigenvalue weighted by molar-refractivity contribution is 7.21. The number of nitrogens with one attached hydrogen (secondary N) is 1. The number of amides is 1. The fraction of sp³-hybridized carbons (Fsp3) is 0.111. The molecule has 1 N–H and O–H groups in total. The van der Waals surface area contributed by atoms with Crippen molar-refractivity contribution in [3.63, 3.8) is 0 Å². The van der Waals surface area contributed by atoms with Gasteiger partial charge in [0.2, 0.25) is 0 Å². The van der Waals surface area contributed by atoms with E-state index in [4.69, 9.17) is 4.74 Å². The number of thiophene rings is 1. The zero-order valence-corrected chi connectivity index (χ0v) is 19.9. The predicted molar refractivity (Wildman–Crippen MR) is 136 cm³/mol. The Hall–Kier alpha value is -4.17. The lowest BCUT2D eigenvalue weighted by Crippen LogP contribution is -2.23. The van der Waals surface area contributed by atoms with Gasteiger partial charge in [-0.1, -0.05) is 42.5 Å². The summed E-state index contributed by atoms with van der Waals surface area (Å²) < 4.78 is 24.5. The number of nitrogens with zero attached hydrogens (tertiary/aromatic N) is 2. The third-order valence-electron chi connectivity index (χ3n) is 5.89. The maximum Gasteiger partial charge on any atom is 0.295 e. The summed E-state index contributed by atoms with van der Waals surface area (Å²) >= 11 is 1.17. The van der Waals surface area contributed by atoms with Crippen molar-refractivity contribution in [1.82, 2.24) is 9.36 Å². The van der Waals surface area contributed by atoms with E-state index in [9.17, 15) is 14.0 Å². The molecule has 5 aromatic rings. The molecule has 1 amide bonds. The average molecular weight is 488 g/mol. The van der Waals surface area contributed by atoms with E-state index in [0.717, 1.165) is 0 Å². The van der Waals surface area contributed by atoms with E-state index in [1.165, 1.54) is 22.1 Å². The normalized spacial score (nSPS) is 11.1. The summed E-state index contributed by atoms with van der Waals surface area (Å²) in [7, 11) is 1.76. The molecular formula is C27H22FN3O3S. The minimum absolute atomic E-state index is 0.00964. The van der Waals surface area contributed by atoms with Gasteiger partial charge >= 0.3 is 0 Å². The summed E-state index contributed by atoms with van der Waals surface area (Å²) in [6.45, 7) is 1.77. The van der Waals surface area contributed by atoms with Crippen molar-refractivity contribution in [3.8, 4) is 11.4 Å². The molecular weight excluding hydrogens is 465 g/mol. The summed E-state index contributed by atoms with van der Waals surface area (Å²) in [5.41, 5.74) is 1.56. The fourth-order valence-electron chi connectivity index (χ4n) is 4.04. The number of anilines is 1. The minimum atomic E-state index is -0.483. The van der Waals surface area contributed by atoms with E-state index in [-0.39, 0.29) is 17.9 Å². The van der Waals surface area contributed by atoms with E-state index >= 15 is 0 Å². The lowest BCUT2D eigenvalue weighted by molar-refractivity contribution is 0.102. The van der Waals surface area contributed by atoms with Crippen LogP contribution >= 0.6 is 11.3 Å². The third-order valence-corrected chi connectivity index (χ3v) is 7.08. The average Bonchev–Trinajstić information content (AvgIpc) is 3.35. The summed E-state index contributed by atoms with van der Waals surface area (Å²) in [4.78, 5) is 27.0. The topological polar surface area (TPSA) is 65.3 Å². The van der Waals surface area contributed by atoms with Crippen LogP contribution in [0.15, 0.2) is 83.7 Å². The number of hydrogen-bond donors (Lipinski definition) is 1. The van der Waals surface area contributed by atoms with Gasteiger partial charge in [0.25, 0.3) is 11.5 Å². The molecule has 0 aliphatic carbocycles. The zero-order chi connectivity index (χ0) is 24.5. The number of aromatic nitrogens is 2. The van der Waals surface area contributed by atoms with Crippen LogP contribution in [0.2, 0.25) is 0 Å². The molecule has 0 saturated heterocycles. The first kappa shape index (κ1) is 22.6. The highest BCUT2D eigenvalue weighted by Crippen LogP contribution is 2.34. The van der Waals surface area contributed by atoms with E-state index < -0.39 is 11.7 Å². The summed E-state index contributed by atoms with van der Waals surface area (Å²) in [6.07, 6.45) is 0. The fourth-order valence-corrected chi connectivity index (χ4v) is 5.16. The molecule has 176 valence electrons. The van der Waals surface area contributed by atoms with Gasteiger partial charge in [-0.05, 0) is 43.3 Å². The Balaban J connectivity index is 1.54.